The molecule has 0 aromatic carbocycles. The van der Waals surface area contributed by atoms with Crippen molar-refractivity contribution in [1.82, 2.24) is 15.5 Å². The monoisotopic (exact) mass is 228 g/mol. The minimum atomic E-state index is 0.169. The molecule has 1 fully saturated rings. The molecule has 0 aliphatic carbocycles. The third-order valence-corrected chi connectivity index (χ3v) is 2.63. The Balaban J connectivity index is 1.99. The van der Waals surface area contributed by atoms with Gasteiger partial charge in [-0.1, -0.05) is 11.6 Å². The van der Waals surface area contributed by atoms with Gasteiger partial charge in [-0.3, -0.25) is 0 Å². The van der Waals surface area contributed by atoms with E-state index in [4.69, 9.17) is 16.3 Å². The number of aromatic nitrogens is 2. The summed E-state index contributed by atoms with van der Waals surface area (Å²) in [5.41, 5.74) is 0. The number of hydrogen-bond donors (Lipinski definition) is 2. The van der Waals surface area contributed by atoms with Gasteiger partial charge in [0.1, 0.15) is 5.82 Å². The van der Waals surface area contributed by atoms with E-state index in [1.54, 1.807) is 19.2 Å². The Bertz CT molecular complexity index is 318. The van der Waals surface area contributed by atoms with Crippen molar-refractivity contribution < 1.29 is 4.74 Å². The second kappa shape index (κ2) is 4.74. The first-order chi connectivity index (χ1) is 7.29. The SMILES string of the molecule is COC1CNCC1Nc1ccc(Cl)nn1. The molecule has 5 nitrogen and oxygen atoms in total. The number of nitrogens with zero attached hydrogens (tertiary/aromatic N) is 2. The average molecular weight is 229 g/mol. The number of ether oxygens (including phenoxy) is 1. The number of nitrogens with one attached hydrogen (secondary N) is 2. The molecule has 0 radical (unpaired) electrons. The van der Waals surface area contributed by atoms with Gasteiger partial charge < -0.3 is 15.4 Å². The molecule has 2 N–H and O–H groups in total. The lowest BCUT2D eigenvalue weighted by atomic mass is 10.2. The molecule has 82 valence electrons. The van der Waals surface area contributed by atoms with Crippen LogP contribution in [0.2, 0.25) is 5.15 Å². The highest BCUT2D eigenvalue weighted by Crippen LogP contribution is 2.12. The van der Waals surface area contributed by atoms with Gasteiger partial charge in [-0.15, -0.1) is 10.2 Å². The van der Waals surface area contributed by atoms with E-state index in [0.29, 0.717) is 5.15 Å². The fraction of sp³-hybridized carbons (Fsp3) is 0.556. The summed E-state index contributed by atoms with van der Waals surface area (Å²) in [6.07, 6.45) is 0.169. The molecule has 1 saturated heterocycles. The molecule has 15 heavy (non-hydrogen) atoms. The van der Waals surface area contributed by atoms with Crippen LogP contribution in [0.15, 0.2) is 12.1 Å². The van der Waals surface area contributed by atoms with Crippen LogP contribution in [-0.2, 0) is 4.74 Å². The maximum Gasteiger partial charge on any atom is 0.151 e. The van der Waals surface area contributed by atoms with Crippen LogP contribution < -0.4 is 10.6 Å². The van der Waals surface area contributed by atoms with Gasteiger partial charge in [0.15, 0.2) is 5.15 Å². The summed E-state index contributed by atoms with van der Waals surface area (Å²) in [6, 6.07) is 3.74. The molecule has 0 spiro atoms. The maximum absolute atomic E-state index is 5.65. The number of anilines is 1. The molecule has 2 unspecified atom stereocenters. The van der Waals surface area contributed by atoms with Crippen molar-refractivity contribution in [3.05, 3.63) is 17.3 Å². The van der Waals surface area contributed by atoms with E-state index >= 15 is 0 Å². The lowest BCUT2D eigenvalue weighted by Crippen LogP contribution is -2.33. The zero-order valence-electron chi connectivity index (χ0n) is 8.40. The average Bonchev–Trinajstić information content (AvgIpc) is 2.69. The zero-order valence-corrected chi connectivity index (χ0v) is 9.16. The van der Waals surface area contributed by atoms with Gasteiger partial charge in [0, 0.05) is 20.2 Å². The molecule has 1 aromatic rings. The van der Waals surface area contributed by atoms with E-state index in [1.165, 1.54) is 0 Å². The quantitative estimate of drug-likeness (QED) is 0.791. The number of methoxy groups -OCH3 is 1. The highest BCUT2D eigenvalue weighted by molar-refractivity contribution is 6.29. The highest BCUT2D eigenvalue weighted by Gasteiger charge is 2.26. The van der Waals surface area contributed by atoms with Crippen molar-refractivity contribution in [2.24, 2.45) is 0 Å². The molecular weight excluding hydrogens is 216 g/mol. The normalized spacial score (nSPS) is 25.5. The van der Waals surface area contributed by atoms with Crippen molar-refractivity contribution in [2.75, 3.05) is 25.5 Å². The Morgan fingerprint density at radius 1 is 1.47 bits per heavy atom. The Morgan fingerprint density at radius 3 is 3.00 bits per heavy atom. The van der Waals surface area contributed by atoms with Crippen molar-refractivity contribution in [3.63, 3.8) is 0 Å². The molecule has 0 saturated carbocycles. The predicted octanol–water partition coefficient (Wildman–Crippen LogP) is 0.529. The van der Waals surface area contributed by atoms with Gasteiger partial charge in [0.05, 0.1) is 12.1 Å². The number of halogens is 1. The molecule has 0 bridgehead atoms. The number of hydrogen-bond acceptors (Lipinski definition) is 5. The smallest absolute Gasteiger partial charge is 0.151 e. The second-order valence-electron chi connectivity index (χ2n) is 3.42. The first kappa shape index (κ1) is 10.6. The first-order valence-electron chi connectivity index (χ1n) is 4.79. The lowest BCUT2D eigenvalue weighted by molar-refractivity contribution is 0.111. The minimum Gasteiger partial charge on any atom is -0.378 e. The van der Waals surface area contributed by atoms with Crippen molar-refractivity contribution in [1.29, 1.82) is 0 Å². The largest absolute Gasteiger partial charge is 0.378 e. The number of rotatable bonds is 3. The predicted molar refractivity (Wildman–Crippen MR) is 58.1 cm³/mol. The molecule has 0 amide bonds. The van der Waals surface area contributed by atoms with Gasteiger partial charge in [-0.2, -0.15) is 0 Å². The molecule has 2 heterocycles. The standard InChI is InChI=1S/C9H13ClN4O/c1-15-7-5-11-4-6(7)12-9-3-2-8(10)13-14-9/h2-3,6-7,11H,4-5H2,1H3,(H,12,14). The van der Waals surface area contributed by atoms with Crippen LogP contribution in [0.25, 0.3) is 0 Å². The summed E-state index contributed by atoms with van der Waals surface area (Å²) in [7, 11) is 1.71. The fourth-order valence-corrected chi connectivity index (χ4v) is 1.73. The van der Waals surface area contributed by atoms with E-state index in [0.717, 1.165) is 18.9 Å². The van der Waals surface area contributed by atoms with Gasteiger partial charge in [0.25, 0.3) is 0 Å². The van der Waals surface area contributed by atoms with Crippen molar-refractivity contribution in [2.45, 2.75) is 12.1 Å². The Morgan fingerprint density at radius 2 is 2.33 bits per heavy atom. The van der Waals surface area contributed by atoms with Crippen molar-refractivity contribution in [3.8, 4) is 0 Å². The van der Waals surface area contributed by atoms with Crippen LogP contribution in [0.3, 0.4) is 0 Å². The lowest BCUT2D eigenvalue weighted by Gasteiger charge is -2.18. The summed E-state index contributed by atoms with van der Waals surface area (Å²) in [4.78, 5) is 0. The van der Waals surface area contributed by atoms with Gasteiger partial charge >= 0.3 is 0 Å². The molecule has 2 atom stereocenters. The summed E-state index contributed by atoms with van der Waals surface area (Å²) in [5, 5.41) is 14.6. The third-order valence-electron chi connectivity index (χ3n) is 2.43. The summed E-state index contributed by atoms with van der Waals surface area (Å²) in [5.74, 6) is 0.718. The minimum absolute atomic E-state index is 0.169. The molecule has 2 rings (SSSR count). The topological polar surface area (TPSA) is 59.1 Å². The molecule has 1 aliphatic rings. The van der Waals surface area contributed by atoms with E-state index in [-0.39, 0.29) is 12.1 Å². The Labute approximate surface area is 93.2 Å². The fourth-order valence-electron chi connectivity index (χ4n) is 1.63. The third kappa shape index (κ3) is 2.56. The van der Waals surface area contributed by atoms with Gasteiger partial charge in [-0.05, 0) is 12.1 Å². The van der Waals surface area contributed by atoms with E-state index in [1.807, 2.05) is 0 Å². The molecular formula is C9H13ClN4O. The summed E-state index contributed by atoms with van der Waals surface area (Å²) in [6.45, 7) is 1.72. The molecule has 1 aromatic heterocycles. The second-order valence-corrected chi connectivity index (χ2v) is 3.81. The van der Waals surface area contributed by atoms with Gasteiger partial charge in [-0.25, -0.2) is 0 Å². The van der Waals surface area contributed by atoms with Gasteiger partial charge in [0.2, 0.25) is 0 Å². The highest BCUT2D eigenvalue weighted by atomic mass is 35.5. The van der Waals surface area contributed by atoms with Crippen LogP contribution in [-0.4, -0.2) is 42.5 Å². The Hall–Kier alpha value is -0.910. The summed E-state index contributed by atoms with van der Waals surface area (Å²) >= 11 is 5.65. The van der Waals surface area contributed by atoms with E-state index < -0.39 is 0 Å². The van der Waals surface area contributed by atoms with E-state index in [2.05, 4.69) is 20.8 Å². The van der Waals surface area contributed by atoms with Crippen LogP contribution in [0.1, 0.15) is 0 Å². The summed E-state index contributed by atoms with van der Waals surface area (Å²) < 4.78 is 5.32. The Kier molecular flexibility index (Phi) is 3.35. The van der Waals surface area contributed by atoms with Crippen LogP contribution in [0.5, 0.6) is 0 Å². The van der Waals surface area contributed by atoms with Crippen molar-refractivity contribution >= 4 is 17.4 Å². The van der Waals surface area contributed by atoms with Crippen LogP contribution in [0, 0.1) is 0 Å². The maximum atomic E-state index is 5.65. The van der Waals surface area contributed by atoms with Crippen LogP contribution in [0.4, 0.5) is 5.82 Å². The zero-order chi connectivity index (χ0) is 10.7. The first-order valence-corrected chi connectivity index (χ1v) is 5.16. The molecule has 1 aliphatic heterocycles. The van der Waals surface area contributed by atoms with Crippen LogP contribution >= 0.6 is 11.6 Å². The molecule has 6 heteroatoms. The van der Waals surface area contributed by atoms with E-state index in [9.17, 15) is 0 Å².